The fourth-order valence-electron chi connectivity index (χ4n) is 2.33. The third kappa shape index (κ3) is 4.11. The molecule has 0 saturated carbocycles. The predicted octanol–water partition coefficient (Wildman–Crippen LogP) is 4.64. The Kier molecular flexibility index (Phi) is 4.89. The van der Waals surface area contributed by atoms with E-state index in [1.165, 1.54) is 13.0 Å². The molecule has 0 aliphatic carbocycles. The number of rotatable bonds is 6. The second-order valence-electron chi connectivity index (χ2n) is 5.42. The molecule has 3 aromatic rings. The summed E-state index contributed by atoms with van der Waals surface area (Å²) in [6, 6.07) is 17.3. The van der Waals surface area contributed by atoms with Crippen molar-refractivity contribution < 1.29 is 14.2 Å². The average molecular weight is 336 g/mol. The first-order valence-corrected chi connectivity index (χ1v) is 7.69. The van der Waals surface area contributed by atoms with Crippen LogP contribution >= 0.6 is 0 Å². The first-order valence-electron chi connectivity index (χ1n) is 7.69. The van der Waals surface area contributed by atoms with Crippen molar-refractivity contribution >= 4 is 17.8 Å². The van der Waals surface area contributed by atoms with Crippen molar-refractivity contribution in [1.82, 2.24) is 5.16 Å². The van der Waals surface area contributed by atoms with Crippen LogP contribution in [0.15, 0.2) is 59.1 Å². The second-order valence-corrected chi connectivity index (χ2v) is 5.42. The Labute approximate surface area is 144 Å². The van der Waals surface area contributed by atoms with E-state index >= 15 is 0 Å². The van der Waals surface area contributed by atoms with Gasteiger partial charge in [0.2, 0.25) is 5.76 Å². The van der Waals surface area contributed by atoms with E-state index in [1.54, 1.807) is 6.08 Å². The van der Waals surface area contributed by atoms with Crippen molar-refractivity contribution in [3.63, 3.8) is 0 Å². The number of nitrogens with zero attached hydrogens (tertiary/aromatic N) is 2. The maximum Gasteiger partial charge on any atom is 0.338 e. The Morgan fingerprint density at radius 1 is 1.16 bits per heavy atom. The van der Waals surface area contributed by atoms with Gasteiger partial charge in [0, 0.05) is 0 Å². The van der Waals surface area contributed by atoms with Crippen molar-refractivity contribution in [2.75, 3.05) is 0 Å². The highest BCUT2D eigenvalue weighted by Crippen LogP contribution is 2.25. The highest BCUT2D eigenvalue weighted by Gasteiger charge is 2.21. The van der Waals surface area contributed by atoms with E-state index in [0.29, 0.717) is 12.4 Å². The van der Waals surface area contributed by atoms with Crippen molar-refractivity contribution in [2.45, 2.75) is 13.5 Å². The van der Waals surface area contributed by atoms with Gasteiger partial charge in [-0.15, -0.1) is 0 Å². The molecule has 0 radical (unpaired) electrons. The Balaban J connectivity index is 1.72. The van der Waals surface area contributed by atoms with Gasteiger partial charge in [0.25, 0.3) is 0 Å². The summed E-state index contributed by atoms with van der Waals surface area (Å²) in [6.45, 7) is 2.01. The highest BCUT2D eigenvalue weighted by molar-refractivity contribution is 5.72. The molecule has 0 aliphatic heterocycles. The van der Waals surface area contributed by atoms with Gasteiger partial charge in [-0.1, -0.05) is 53.7 Å². The number of ether oxygens (including phenoxy) is 1. The number of nitro groups is 1. The molecule has 6 nitrogen and oxygen atoms in total. The molecule has 0 amide bonds. The van der Waals surface area contributed by atoms with E-state index in [1.807, 2.05) is 54.6 Å². The molecule has 0 saturated heterocycles. The number of aryl methyl sites for hydroxylation is 1. The molecule has 25 heavy (non-hydrogen) atoms. The maximum absolute atomic E-state index is 11.0. The van der Waals surface area contributed by atoms with Crippen LogP contribution < -0.4 is 4.74 Å². The number of benzene rings is 2. The lowest BCUT2D eigenvalue weighted by molar-refractivity contribution is -0.386. The van der Waals surface area contributed by atoms with Crippen LogP contribution in [0.3, 0.4) is 0 Å². The lowest BCUT2D eigenvalue weighted by Crippen LogP contribution is -1.94. The summed E-state index contributed by atoms with van der Waals surface area (Å²) in [4.78, 5) is 10.5. The molecule has 0 unspecified atom stereocenters. The Hall–Kier alpha value is -3.41. The zero-order chi connectivity index (χ0) is 17.6. The lowest BCUT2D eigenvalue weighted by atomic mass is 10.2. The largest absolute Gasteiger partial charge is 0.489 e. The maximum atomic E-state index is 11.0. The minimum atomic E-state index is -0.495. The van der Waals surface area contributed by atoms with Gasteiger partial charge < -0.3 is 9.26 Å². The predicted molar refractivity (Wildman–Crippen MR) is 94.0 cm³/mol. The van der Waals surface area contributed by atoms with Crippen LogP contribution in [0, 0.1) is 17.0 Å². The van der Waals surface area contributed by atoms with Crippen LogP contribution in [0.1, 0.15) is 22.6 Å². The van der Waals surface area contributed by atoms with Gasteiger partial charge in [-0.25, -0.2) is 0 Å². The first kappa shape index (κ1) is 16.4. The van der Waals surface area contributed by atoms with Crippen molar-refractivity contribution in [3.8, 4) is 5.75 Å². The van der Waals surface area contributed by atoms with Gasteiger partial charge in [0.05, 0.1) is 4.92 Å². The molecule has 1 heterocycles. The SMILES string of the molecule is Cc1noc(/C=C\c2cccc(OCc3ccccc3)c2)c1[N+](=O)[O-]. The number of aromatic nitrogens is 1. The molecular formula is C19H16N2O4. The minimum Gasteiger partial charge on any atom is -0.489 e. The van der Waals surface area contributed by atoms with E-state index in [2.05, 4.69) is 5.16 Å². The molecule has 0 bridgehead atoms. The monoisotopic (exact) mass is 336 g/mol. The van der Waals surface area contributed by atoms with Crippen LogP contribution in [-0.4, -0.2) is 10.1 Å². The molecule has 0 spiro atoms. The summed E-state index contributed by atoms with van der Waals surface area (Å²) in [5.74, 6) is 0.840. The Bertz CT molecular complexity index is 901. The van der Waals surface area contributed by atoms with E-state index in [0.717, 1.165) is 11.1 Å². The van der Waals surface area contributed by atoms with Gasteiger partial charge in [0.1, 0.15) is 12.4 Å². The van der Waals surface area contributed by atoms with E-state index in [9.17, 15) is 10.1 Å². The standard InChI is InChI=1S/C19H16N2O4/c1-14-19(21(22)23)18(25-20-14)11-10-15-8-5-9-17(12-15)24-13-16-6-3-2-4-7-16/h2-12H,13H2,1H3/b11-10-. The zero-order valence-electron chi connectivity index (χ0n) is 13.6. The molecule has 2 aromatic carbocycles. The Morgan fingerprint density at radius 3 is 2.72 bits per heavy atom. The summed E-state index contributed by atoms with van der Waals surface area (Å²) in [5.41, 5.74) is 2.06. The summed E-state index contributed by atoms with van der Waals surface area (Å²) < 4.78 is 10.8. The highest BCUT2D eigenvalue weighted by atomic mass is 16.6. The lowest BCUT2D eigenvalue weighted by Gasteiger charge is -2.06. The first-order chi connectivity index (χ1) is 12.1. The van der Waals surface area contributed by atoms with Crippen LogP contribution in [-0.2, 0) is 6.61 Å². The number of hydrogen-bond donors (Lipinski definition) is 0. The van der Waals surface area contributed by atoms with Crippen LogP contribution in [0.2, 0.25) is 0 Å². The molecule has 0 atom stereocenters. The van der Waals surface area contributed by atoms with Crippen molar-refractivity contribution in [1.29, 1.82) is 0 Å². The topological polar surface area (TPSA) is 78.4 Å². The minimum absolute atomic E-state index is 0.118. The van der Waals surface area contributed by atoms with Crippen molar-refractivity contribution in [2.24, 2.45) is 0 Å². The van der Waals surface area contributed by atoms with Gasteiger partial charge in [-0.3, -0.25) is 10.1 Å². The molecular weight excluding hydrogens is 320 g/mol. The summed E-state index contributed by atoms with van der Waals surface area (Å²) in [6.07, 6.45) is 3.26. The van der Waals surface area contributed by atoms with Crippen LogP contribution in [0.25, 0.3) is 12.2 Å². The molecule has 3 rings (SSSR count). The average Bonchev–Trinajstić information content (AvgIpc) is 3.00. The molecule has 1 aromatic heterocycles. The fraction of sp³-hybridized carbons (Fsp3) is 0.105. The molecule has 0 fully saturated rings. The quantitative estimate of drug-likeness (QED) is 0.484. The molecule has 126 valence electrons. The van der Waals surface area contributed by atoms with Gasteiger partial charge in [-0.05, 0) is 36.3 Å². The third-order valence-electron chi connectivity index (χ3n) is 3.57. The number of hydrogen-bond acceptors (Lipinski definition) is 5. The second kappa shape index (κ2) is 7.44. The molecule has 0 aliphatic rings. The smallest absolute Gasteiger partial charge is 0.338 e. The van der Waals surface area contributed by atoms with E-state index < -0.39 is 4.92 Å². The Morgan fingerprint density at radius 2 is 1.96 bits per heavy atom. The van der Waals surface area contributed by atoms with Crippen LogP contribution in [0.5, 0.6) is 5.75 Å². The summed E-state index contributed by atoms with van der Waals surface area (Å²) >= 11 is 0. The van der Waals surface area contributed by atoms with Crippen molar-refractivity contribution in [3.05, 3.63) is 87.3 Å². The van der Waals surface area contributed by atoms with E-state index in [4.69, 9.17) is 9.26 Å². The van der Waals surface area contributed by atoms with E-state index in [-0.39, 0.29) is 17.1 Å². The third-order valence-corrected chi connectivity index (χ3v) is 3.57. The van der Waals surface area contributed by atoms with Gasteiger partial charge in [-0.2, -0.15) is 0 Å². The zero-order valence-corrected chi connectivity index (χ0v) is 13.6. The summed E-state index contributed by atoms with van der Waals surface area (Å²) in [7, 11) is 0. The summed E-state index contributed by atoms with van der Waals surface area (Å²) in [5, 5.41) is 14.7. The molecule has 0 N–H and O–H groups in total. The normalized spacial score (nSPS) is 10.9. The fourth-order valence-corrected chi connectivity index (χ4v) is 2.33. The van der Waals surface area contributed by atoms with Crippen LogP contribution in [0.4, 0.5) is 5.69 Å². The van der Waals surface area contributed by atoms with Gasteiger partial charge >= 0.3 is 5.69 Å². The van der Waals surface area contributed by atoms with Gasteiger partial charge in [0.15, 0.2) is 5.69 Å². The molecule has 6 heteroatoms.